The van der Waals surface area contributed by atoms with E-state index in [4.69, 9.17) is 9.73 Å². The van der Waals surface area contributed by atoms with E-state index in [1.165, 1.54) is 17.0 Å². The molecule has 2 heterocycles. The lowest BCUT2D eigenvalue weighted by Gasteiger charge is -2.34. The molecule has 9 nitrogen and oxygen atoms in total. The van der Waals surface area contributed by atoms with E-state index in [-0.39, 0.29) is 36.9 Å². The summed E-state index contributed by atoms with van der Waals surface area (Å²) in [4.78, 5) is 31.5. The number of amides is 3. The van der Waals surface area contributed by atoms with Crippen LogP contribution in [0.25, 0.3) is 0 Å². The van der Waals surface area contributed by atoms with Gasteiger partial charge < -0.3 is 20.7 Å². The van der Waals surface area contributed by atoms with E-state index < -0.39 is 0 Å². The maximum absolute atomic E-state index is 13.4. The molecule has 164 valence electrons. The largest absolute Gasteiger partial charge is 0.379 e. The molecule has 1 atom stereocenters. The summed E-state index contributed by atoms with van der Waals surface area (Å²) < 4.78 is 18.9. The van der Waals surface area contributed by atoms with Crippen LogP contribution in [0.1, 0.15) is 18.5 Å². The first-order valence-electron chi connectivity index (χ1n) is 10.3. The van der Waals surface area contributed by atoms with Crippen LogP contribution in [0.15, 0.2) is 29.3 Å². The Balaban J connectivity index is 1.64. The number of benzene rings is 1. The molecule has 30 heavy (non-hydrogen) atoms. The summed E-state index contributed by atoms with van der Waals surface area (Å²) in [5.41, 5.74) is 0.997. The van der Waals surface area contributed by atoms with Gasteiger partial charge in [0.1, 0.15) is 5.82 Å². The van der Waals surface area contributed by atoms with Crippen LogP contribution in [-0.2, 0) is 9.53 Å². The molecule has 0 bridgehead atoms. The fraction of sp³-hybridized carbons (Fsp3) is 0.550. The van der Waals surface area contributed by atoms with Gasteiger partial charge in [0.15, 0.2) is 5.96 Å². The Morgan fingerprint density at radius 2 is 1.97 bits per heavy atom. The van der Waals surface area contributed by atoms with Crippen LogP contribution in [-0.4, -0.2) is 86.7 Å². The number of hydrogen-bond donors (Lipinski definition) is 3. The minimum absolute atomic E-state index is 0.00380. The van der Waals surface area contributed by atoms with Crippen LogP contribution in [0.4, 0.5) is 9.18 Å². The van der Waals surface area contributed by atoms with Crippen molar-refractivity contribution in [1.29, 1.82) is 0 Å². The van der Waals surface area contributed by atoms with Crippen LogP contribution < -0.4 is 16.0 Å². The van der Waals surface area contributed by atoms with E-state index in [9.17, 15) is 14.0 Å². The number of nitrogens with one attached hydrogen (secondary N) is 3. The van der Waals surface area contributed by atoms with Gasteiger partial charge in [-0.2, -0.15) is 0 Å². The summed E-state index contributed by atoms with van der Waals surface area (Å²) in [6.07, 6.45) is 0. The van der Waals surface area contributed by atoms with Crippen LogP contribution in [0.2, 0.25) is 0 Å². The highest BCUT2D eigenvalue weighted by molar-refractivity contribution is 6.01. The maximum Gasteiger partial charge on any atom is 0.324 e. The van der Waals surface area contributed by atoms with Crippen molar-refractivity contribution < 1.29 is 18.7 Å². The first-order chi connectivity index (χ1) is 14.6. The summed E-state index contributed by atoms with van der Waals surface area (Å²) in [5, 5.41) is 8.85. The number of rotatable bonds is 8. The molecule has 0 spiro atoms. The maximum atomic E-state index is 13.4. The van der Waals surface area contributed by atoms with Crippen molar-refractivity contribution in [2.75, 3.05) is 59.0 Å². The molecule has 3 N–H and O–H groups in total. The molecule has 10 heteroatoms. The quantitative estimate of drug-likeness (QED) is 0.318. The summed E-state index contributed by atoms with van der Waals surface area (Å²) in [6, 6.07) is 6.15. The number of imide groups is 1. The Morgan fingerprint density at radius 3 is 2.60 bits per heavy atom. The lowest BCUT2D eigenvalue weighted by atomic mass is 10.0. The first-order valence-corrected chi connectivity index (χ1v) is 10.3. The Labute approximate surface area is 175 Å². The topological polar surface area (TPSA) is 98.3 Å². The van der Waals surface area contributed by atoms with Crippen LogP contribution >= 0.6 is 0 Å². The van der Waals surface area contributed by atoms with E-state index >= 15 is 0 Å². The van der Waals surface area contributed by atoms with Gasteiger partial charge in [-0.1, -0.05) is 12.1 Å². The van der Waals surface area contributed by atoms with E-state index in [0.717, 1.165) is 18.7 Å². The molecule has 1 unspecified atom stereocenters. The molecular weight excluding hydrogens is 391 g/mol. The molecule has 0 radical (unpaired) electrons. The summed E-state index contributed by atoms with van der Waals surface area (Å²) >= 11 is 0. The number of guanidine groups is 1. The molecular formula is C20H29FN6O3. The number of carbonyl (C=O) groups is 2. The number of hydrogen-bond acceptors (Lipinski definition) is 5. The van der Waals surface area contributed by atoms with Gasteiger partial charge in [-0.05, 0) is 24.6 Å². The molecule has 0 aliphatic carbocycles. The standard InChI is InChI=1S/C20H29FN6O3/c1-2-22-19(23-7-8-27-18(28)14-25-20(27)29)24-13-17(26-9-11-30-12-10-26)15-3-5-16(21)6-4-15/h3-6,17H,2,7-14H2,1H3,(H,25,29)(H2,22,23,24). The molecule has 3 amide bonds. The van der Waals surface area contributed by atoms with Crippen LogP contribution in [0, 0.1) is 5.82 Å². The average Bonchev–Trinajstić information content (AvgIpc) is 3.08. The molecule has 3 rings (SSSR count). The van der Waals surface area contributed by atoms with Gasteiger partial charge in [0.25, 0.3) is 0 Å². The zero-order chi connectivity index (χ0) is 21.3. The number of nitrogens with zero attached hydrogens (tertiary/aromatic N) is 3. The van der Waals surface area contributed by atoms with Gasteiger partial charge in [0.2, 0.25) is 5.91 Å². The van der Waals surface area contributed by atoms with Gasteiger partial charge in [0.05, 0.1) is 32.3 Å². The molecule has 2 fully saturated rings. The normalized spacial score (nSPS) is 19.0. The summed E-state index contributed by atoms with van der Waals surface area (Å²) in [7, 11) is 0. The average molecular weight is 420 g/mol. The molecule has 1 aromatic rings. The molecule has 0 saturated carbocycles. The second kappa shape index (κ2) is 10.9. The SMILES string of the molecule is CCNC(=NCC(c1ccc(F)cc1)N1CCOCC1)NCCN1C(=O)CNC1=O. The van der Waals surface area contributed by atoms with Crippen molar-refractivity contribution in [2.24, 2.45) is 4.99 Å². The molecule has 0 aromatic heterocycles. The number of aliphatic imine (C=N–C) groups is 1. The van der Waals surface area contributed by atoms with Gasteiger partial charge in [0, 0.05) is 32.7 Å². The lowest BCUT2D eigenvalue weighted by Crippen LogP contribution is -2.44. The van der Waals surface area contributed by atoms with Crippen molar-refractivity contribution >= 4 is 17.9 Å². The second-order valence-electron chi connectivity index (χ2n) is 7.07. The van der Waals surface area contributed by atoms with Crippen molar-refractivity contribution in [1.82, 2.24) is 25.8 Å². The minimum atomic E-state index is -0.368. The zero-order valence-corrected chi connectivity index (χ0v) is 17.2. The Morgan fingerprint density at radius 1 is 1.23 bits per heavy atom. The second-order valence-corrected chi connectivity index (χ2v) is 7.07. The first kappa shape index (κ1) is 22.0. The van der Waals surface area contributed by atoms with Gasteiger partial charge in [-0.3, -0.25) is 19.6 Å². The number of morpholine rings is 1. The highest BCUT2D eigenvalue weighted by atomic mass is 19.1. The molecule has 2 saturated heterocycles. The fourth-order valence-electron chi connectivity index (χ4n) is 3.49. The van der Waals surface area contributed by atoms with E-state index in [1.54, 1.807) is 12.1 Å². The van der Waals surface area contributed by atoms with Gasteiger partial charge >= 0.3 is 6.03 Å². The number of ether oxygens (including phenoxy) is 1. The highest BCUT2D eigenvalue weighted by Crippen LogP contribution is 2.22. The van der Waals surface area contributed by atoms with Crippen molar-refractivity contribution in [3.8, 4) is 0 Å². The third kappa shape index (κ3) is 5.90. The molecule has 2 aliphatic rings. The summed E-state index contributed by atoms with van der Waals surface area (Å²) in [6.45, 7) is 6.71. The van der Waals surface area contributed by atoms with Gasteiger partial charge in [-0.25, -0.2) is 9.18 Å². The third-order valence-electron chi connectivity index (χ3n) is 5.07. The fourth-order valence-corrected chi connectivity index (χ4v) is 3.49. The Hall–Kier alpha value is -2.72. The smallest absolute Gasteiger partial charge is 0.324 e. The van der Waals surface area contributed by atoms with Crippen molar-refractivity contribution in [3.63, 3.8) is 0 Å². The van der Waals surface area contributed by atoms with Crippen LogP contribution in [0.5, 0.6) is 0 Å². The van der Waals surface area contributed by atoms with Gasteiger partial charge in [-0.15, -0.1) is 0 Å². The lowest BCUT2D eigenvalue weighted by molar-refractivity contribution is -0.124. The Bertz CT molecular complexity index is 735. The Kier molecular flexibility index (Phi) is 7.97. The number of urea groups is 1. The van der Waals surface area contributed by atoms with E-state index in [1.807, 2.05) is 6.92 Å². The predicted molar refractivity (Wildman–Crippen MR) is 111 cm³/mol. The third-order valence-corrected chi connectivity index (χ3v) is 5.07. The number of halogens is 1. The zero-order valence-electron chi connectivity index (χ0n) is 17.2. The monoisotopic (exact) mass is 420 g/mol. The number of carbonyl (C=O) groups excluding carboxylic acids is 2. The van der Waals surface area contributed by atoms with E-state index in [2.05, 4.69) is 20.9 Å². The molecule has 1 aromatic carbocycles. The minimum Gasteiger partial charge on any atom is -0.379 e. The predicted octanol–water partition coefficient (Wildman–Crippen LogP) is 0.306. The van der Waals surface area contributed by atoms with Crippen molar-refractivity contribution in [2.45, 2.75) is 13.0 Å². The van der Waals surface area contributed by atoms with E-state index in [0.29, 0.717) is 38.8 Å². The molecule has 2 aliphatic heterocycles. The van der Waals surface area contributed by atoms with Crippen LogP contribution in [0.3, 0.4) is 0 Å². The van der Waals surface area contributed by atoms with Crippen molar-refractivity contribution in [3.05, 3.63) is 35.6 Å². The highest BCUT2D eigenvalue weighted by Gasteiger charge is 2.27. The summed E-state index contributed by atoms with van der Waals surface area (Å²) in [5.74, 6) is 0.107.